The number of hydrogen-bond donors (Lipinski definition) is 2. The molecule has 0 radical (unpaired) electrons. The molecule has 1 heterocycles. The van der Waals surface area contributed by atoms with Crippen LogP contribution in [-0.2, 0) is 11.3 Å². The minimum atomic E-state index is -1.12. The van der Waals surface area contributed by atoms with Gasteiger partial charge in [-0.05, 0) is 34.1 Å². The Hall–Kier alpha value is -2.22. The van der Waals surface area contributed by atoms with Crippen LogP contribution in [0.1, 0.15) is 10.5 Å². The van der Waals surface area contributed by atoms with E-state index < -0.39 is 30.1 Å². The number of hydrogen-bond acceptors (Lipinski definition) is 2. The largest absolute Gasteiger partial charge is 0.480 e. The molecule has 0 unspecified atom stereocenters. The number of nitrogens with one attached hydrogen (secondary N) is 1. The molecule has 2 rings (SSSR count). The topological polar surface area (TPSA) is 71.3 Å². The molecule has 21 heavy (non-hydrogen) atoms. The molecule has 0 bridgehead atoms. The second-order valence-electron chi connectivity index (χ2n) is 4.11. The normalized spacial score (nSPS) is 10.4. The third kappa shape index (κ3) is 3.46. The average molecular weight is 359 g/mol. The molecule has 0 aliphatic heterocycles. The lowest BCUT2D eigenvalue weighted by atomic mass is 10.3. The van der Waals surface area contributed by atoms with Gasteiger partial charge in [-0.3, -0.25) is 9.59 Å². The smallest absolute Gasteiger partial charge is 0.323 e. The molecule has 0 saturated heterocycles. The standard InChI is InChI=1S/C13H9BrF2N2O3/c14-8-4-7(15)5-9(16)12(8)17-13(21)10-2-1-3-18(10)6-11(19)20/h1-5H,6H2,(H,17,21)(H,19,20). The van der Waals surface area contributed by atoms with Crippen molar-refractivity contribution in [2.24, 2.45) is 0 Å². The molecular formula is C13H9BrF2N2O3. The minimum Gasteiger partial charge on any atom is -0.480 e. The van der Waals surface area contributed by atoms with E-state index in [2.05, 4.69) is 21.2 Å². The van der Waals surface area contributed by atoms with Gasteiger partial charge in [0, 0.05) is 16.7 Å². The van der Waals surface area contributed by atoms with Gasteiger partial charge in [-0.2, -0.15) is 0 Å². The molecule has 2 N–H and O–H groups in total. The molecule has 0 aliphatic rings. The highest BCUT2D eigenvalue weighted by Gasteiger charge is 2.17. The van der Waals surface area contributed by atoms with Gasteiger partial charge in [-0.25, -0.2) is 8.78 Å². The first-order chi connectivity index (χ1) is 9.88. The lowest BCUT2D eigenvalue weighted by molar-refractivity contribution is -0.137. The fraction of sp³-hybridized carbons (Fsp3) is 0.0769. The SMILES string of the molecule is O=C(O)Cn1cccc1C(=O)Nc1c(F)cc(F)cc1Br. The first-order valence-electron chi connectivity index (χ1n) is 5.71. The van der Waals surface area contributed by atoms with E-state index in [0.717, 1.165) is 6.07 Å². The monoisotopic (exact) mass is 358 g/mol. The summed E-state index contributed by atoms with van der Waals surface area (Å²) < 4.78 is 27.9. The summed E-state index contributed by atoms with van der Waals surface area (Å²) in [5, 5.41) is 11.0. The molecule has 0 fully saturated rings. The van der Waals surface area contributed by atoms with Crippen LogP contribution in [0.15, 0.2) is 34.9 Å². The number of carbonyl (C=O) groups excluding carboxylic acids is 1. The first-order valence-corrected chi connectivity index (χ1v) is 6.50. The van der Waals surface area contributed by atoms with Crippen LogP contribution in [0, 0.1) is 11.6 Å². The molecule has 8 heteroatoms. The number of anilines is 1. The van der Waals surface area contributed by atoms with Crippen LogP contribution in [0.3, 0.4) is 0 Å². The molecule has 2 aromatic rings. The summed E-state index contributed by atoms with van der Waals surface area (Å²) in [5.74, 6) is -3.54. The minimum absolute atomic E-state index is 0.0460. The Bertz CT molecular complexity index is 692. The number of benzene rings is 1. The van der Waals surface area contributed by atoms with Crippen LogP contribution in [0.25, 0.3) is 0 Å². The molecule has 110 valence electrons. The number of rotatable bonds is 4. The van der Waals surface area contributed by atoms with Crippen LogP contribution >= 0.6 is 15.9 Å². The maximum absolute atomic E-state index is 13.6. The molecule has 1 amide bonds. The molecule has 1 aromatic heterocycles. The second-order valence-corrected chi connectivity index (χ2v) is 4.97. The van der Waals surface area contributed by atoms with Crippen LogP contribution in [-0.4, -0.2) is 21.6 Å². The Morgan fingerprint density at radius 2 is 2.05 bits per heavy atom. The van der Waals surface area contributed by atoms with Crippen LogP contribution < -0.4 is 5.32 Å². The predicted molar refractivity (Wildman–Crippen MR) is 74.1 cm³/mol. The summed E-state index contributed by atoms with van der Waals surface area (Å²) in [7, 11) is 0. The fourth-order valence-corrected chi connectivity index (χ4v) is 2.25. The van der Waals surface area contributed by atoms with Gasteiger partial charge in [-0.1, -0.05) is 0 Å². The van der Waals surface area contributed by atoms with Gasteiger partial charge in [0.2, 0.25) is 0 Å². The van der Waals surface area contributed by atoms with Gasteiger partial charge in [0.1, 0.15) is 18.1 Å². The van der Waals surface area contributed by atoms with Gasteiger partial charge in [0.15, 0.2) is 5.82 Å². The van der Waals surface area contributed by atoms with E-state index in [1.807, 2.05) is 0 Å². The lowest BCUT2D eigenvalue weighted by Crippen LogP contribution is -2.20. The van der Waals surface area contributed by atoms with Crippen molar-refractivity contribution < 1.29 is 23.5 Å². The Labute approximate surface area is 126 Å². The first kappa shape index (κ1) is 15.2. The van der Waals surface area contributed by atoms with Gasteiger partial charge in [0.05, 0.1) is 5.69 Å². The summed E-state index contributed by atoms with van der Waals surface area (Å²) in [6.45, 7) is -0.400. The lowest BCUT2D eigenvalue weighted by Gasteiger charge is -2.10. The average Bonchev–Trinajstić information content (AvgIpc) is 2.80. The Balaban J connectivity index is 2.27. The summed E-state index contributed by atoms with van der Waals surface area (Å²) >= 11 is 2.95. The number of aromatic nitrogens is 1. The summed E-state index contributed by atoms with van der Waals surface area (Å²) in [5.41, 5.74) is -0.169. The Morgan fingerprint density at radius 1 is 1.33 bits per heavy atom. The van der Waals surface area contributed by atoms with E-state index in [0.29, 0.717) is 6.07 Å². The number of carboxylic acid groups (broad SMARTS) is 1. The molecule has 0 atom stereocenters. The highest BCUT2D eigenvalue weighted by Crippen LogP contribution is 2.27. The van der Waals surface area contributed by atoms with Crippen LogP contribution in [0.4, 0.5) is 14.5 Å². The van der Waals surface area contributed by atoms with Crippen molar-refractivity contribution in [2.45, 2.75) is 6.54 Å². The zero-order chi connectivity index (χ0) is 15.6. The zero-order valence-electron chi connectivity index (χ0n) is 10.4. The zero-order valence-corrected chi connectivity index (χ0v) is 12.0. The van der Waals surface area contributed by atoms with Crippen molar-refractivity contribution in [2.75, 3.05) is 5.32 Å². The van der Waals surface area contributed by atoms with E-state index in [1.165, 1.54) is 22.9 Å². The molecule has 0 saturated carbocycles. The molecule has 0 aliphatic carbocycles. The van der Waals surface area contributed by atoms with Gasteiger partial charge in [-0.15, -0.1) is 0 Å². The van der Waals surface area contributed by atoms with Gasteiger partial charge >= 0.3 is 5.97 Å². The number of halogens is 3. The van der Waals surface area contributed by atoms with Gasteiger partial charge in [0.25, 0.3) is 5.91 Å². The van der Waals surface area contributed by atoms with Crippen LogP contribution in [0.2, 0.25) is 0 Å². The van der Waals surface area contributed by atoms with E-state index >= 15 is 0 Å². The Morgan fingerprint density at radius 3 is 2.67 bits per heavy atom. The van der Waals surface area contributed by atoms with Crippen molar-refractivity contribution in [3.05, 3.63) is 52.3 Å². The number of carboxylic acids is 1. The molecule has 0 spiro atoms. The maximum Gasteiger partial charge on any atom is 0.323 e. The number of carbonyl (C=O) groups is 2. The van der Waals surface area contributed by atoms with E-state index in [9.17, 15) is 18.4 Å². The van der Waals surface area contributed by atoms with E-state index in [4.69, 9.17) is 5.11 Å². The molecular weight excluding hydrogens is 350 g/mol. The highest BCUT2D eigenvalue weighted by molar-refractivity contribution is 9.10. The van der Waals surface area contributed by atoms with E-state index in [1.54, 1.807) is 0 Å². The van der Waals surface area contributed by atoms with Crippen LogP contribution in [0.5, 0.6) is 0 Å². The van der Waals surface area contributed by atoms with E-state index in [-0.39, 0.29) is 15.9 Å². The van der Waals surface area contributed by atoms with Crippen molar-refractivity contribution in [1.82, 2.24) is 4.57 Å². The second kappa shape index (κ2) is 6.04. The summed E-state index contributed by atoms with van der Waals surface area (Å²) in [6.07, 6.45) is 1.42. The molecule has 1 aromatic carbocycles. The number of nitrogens with zero attached hydrogens (tertiary/aromatic N) is 1. The van der Waals surface area contributed by atoms with Crippen molar-refractivity contribution in [3.8, 4) is 0 Å². The summed E-state index contributed by atoms with van der Waals surface area (Å²) in [6, 6.07) is 4.53. The third-order valence-corrected chi connectivity index (χ3v) is 3.24. The highest BCUT2D eigenvalue weighted by atomic mass is 79.9. The van der Waals surface area contributed by atoms with Crippen molar-refractivity contribution >= 4 is 33.5 Å². The number of amides is 1. The van der Waals surface area contributed by atoms with Crippen molar-refractivity contribution in [3.63, 3.8) is 0 Å². The maximum atomic E-state index is 13.6. The van der Waals surface area contributed by atoms with Gasteiger partial charge < -0.3 is 15.0 Å². The predicted octanol–water partition coefficient (Wildman–Crippen LogP) is 2.87. The molecule has 5 nitrogen and oxygen atoms in total. The summed E-state index contributed by atoms with van der Waals surface area (Å²) in [4.78, 5) is 22.7. The number of aliphatic carboxylic acids is 1. The van der Waals surface area contributed by atoms with Crippen molar-refractivity contribution in [1.29, 1.82) is 0 Å². The Kier molecular flexibility index (Phi) is 4.37. The quantitative estimate of drug-likeness (QED) is 0.882. The third-order valence-electron chi connectivity index (χ3n) is 2.61. The fourth-order valence-electron chi connectivity index (χ4n) is 1.74.